The molecule has 1 aliphatic heterocycles. The van der Waals surface area contributed by atoms with Crippen molar-refractivity contribution in [1.29, 1.82) is 0 Å². The maximum absolute atomic E-state index is 12.8. The first-order chi connectivity index (χ1) is 11.7. The Kier molecular flexibility index (Phi) is 4.34. The molecule has 9 heteroatoms. The molecule has 3 heterocycles. The fraction of sp³-hybridized carbons (Fsp3) is 0.562. The third-order valence-corrected chi connectivity index (χ3v) is 4.36. The fourth-order valence-corrected chi connectivity index (χ4v) is 3.00. The Morgan fingerprint density at radius 1 is 1.36 bits per heavy atom. The number of halogens is 3. The van der Waals surface area contributed by atoms with Crippen molar-refractivity contribution in [3.63, 3.8) is 0 Å². The van der Waals surface area contributed by atoms with E-state index < -0.39 is 17.8 Å². The Labute approximate surface area is 142 Å². The standard InChI is InChI=1S/C16H19F3N4O2/c1-9(2)13-7-10(21-25-13)11-5-4-6-23(11)15(24)12-8-14(16(17,18)19)20-22(12)3/h7-9,11H,4-6H2,1-3H3. The Morgan fingerprint density at radius 3 is 2.64 bits per heavy atom. The third kappa shape index (κ3) is 3.27. The maximum Gasteiger partial charge on any atom is 0.435 e. The van der Waals surface area contributed by atoms with E-state index in [1.807, 2.05) is 19.9 Å². The molecule has 0 bridgehead atoms. The van der Waals surface area contributed by atoms with E-state index in [-0.39, 0.29) is 17.7 Å². The van der Waals surface area contributed by atoms with E-state index in [1.165, 1.54) is 7.05 Å². The molecule has 1 saturated heterocycles. The van der Waals surface area contributed by atoms with E-state index in [0.29, 0.717) is 24.4 Å². The summed E-state index contributed by atoms with van der Waals surface area (Å²) in [5, 5.41) is 7.45. The van der Waals surface area contributed by atoms with Gasteiger partial charge in [0, 0.05) is 31.6 Å². The van der Waals surface area contributed by atoms with Gasteiger partial charge in [0.2, 0.25) is 0 Å². The largest absolute Gasteiger partial charge is 0.435 e. The molecule has 2 aromatic heterocycles. The summed E-state index contributed by atoms with van der Waals surface area (Å²) in [4.78, 5) is 14.3. The molecular formula is C16H19F3N4O2. The van der Waals surface area contributed by atoms with Crippen LogP contribution in [0.1, 0.15) is 66.3 Å². The van der Waals surface area contributed by atoms with Gasteiger partial charge in [0.1, 0.15) is 17.1 Å². The minimum atomic E-state index is -4.58. The van der Waals surface area contributed by atoms with Crippen molar-refractivity contribution in [3.8, 4) is 0 Å². The fourth-order valence-electron chi connectivity index (χ4n) is 3.00. The van der Waals surface area contributed by atoms with Crippen molar-refractivity contribution >= 4 is 5.91 Å². The van der Waals surface area contributed by atoms with Gasteiger partial charge >= 0.3 is 6.18 Å². The number of hydrogen-bond acceptors (Lipinski definition) is 4. The van der Waals surface area contributed by atoms with Crippen LogP contribution < -0.4 is 0 Å². The molecule has 1 aliphatic rings. The first-order valence-corrected chi connectivity index (χ1v) is 8.07. The first-order valence-electron chi connectivity index (χ1n) is 8.07. The zero-order valence-electron chi connectivity index (χ0n) is 14.2. The third-order valence-electron chi connectivity index (χ3n) is 4.36. The molecule has 136 valence electrons. The topological polar surface area (TPSA) is 64.2 Å². The SMILES string of the molecule is CC(C)c1cc(C2CCCN2C(=O)c2cc(C(F)(F)F)nn2C)no1. The van der Waals surface area contributed by atoms with Crippen LogP contribution in [0.4, 0.5) is 13.2 Å². The van der Waals surface area contributed by atoms with Crippen LogP contribution in [0.2, 0.25) is 0 Å². The Hall–Kier alpha value is -2.32. The zero-order chi connectivity index (χ0) is 18.4. The van der Waals surface area contributed by atoms with Crippen LogP contribution in [0.5, 0.6) is 0 Å². The number of carbonyl (C=O) groups is 1. The van der Waals surface area contributed by atoms with Crippen molar-refractivity contribution in [2.75, 3.05) is 6.54 Å². The van der Waals surface area contributed by atoms with Crippen molar-refractivity contribution < 1.29 is 22.5 Å². The average Bonchev–Trinajstić information content (AvgIpc) is 3.24. The summed E-state index contributed by atoms with van der Waals surface area (Å²) in [6.07, 6.45) is -3.14. The number of rotatable bonds is 3. The van der Waals surface area contributed by atoms with Gasteiger partial charge in [-0.15, -0.1) is 0 Å². The molecule has 0 radical (unpaired) electrons. The summed E-state index contributed by atoms with van der Waals surface area (Å²) in [7, 11) is 1.33. The summed E-state index contributed by atoms with van der Waals surface area (Å²) < 4.78 is 44.7. The molecule has 0 saturated carbocycles. The first kappa shape index (κ1) is 17.5. The summed E-state index contributed by atoms with van der Waals surface area (Å²) >= 11 is 0. The Balaban J connectivity index is 1.87. The second kappa shape index (κ2) is 6.20. The number of hydrogen-bond donors (Lipinski definition) is 0. The molecule has 0 spiro atoms. The highest BCUT2D eigenvalue weighted by Gasteiger charge is 2.38. The van der Waals surface area contributed by atoms with E-state index in [1.54, 1.807) is 4.90 Å². The minimum absolute atomic E-state index is 0.0909. The summed E-state index contributed by atoms with van der Waals surface area (Å²) in [5.41, 5.74) is -0.530. The van der Waals surface area contributed by atoms with Crippen molar-refractivity contribution in [1.82, 2.24) is 19.8 Å². The molecule has 2 aromatic rings. The molecule has 0 aromatic carbocycles. The average molecular weight is 356 g/mol. The van der Waals surface area contributed by atoms with Gasteiger partial charge in [-0.05, 0) is 12.8 Å². The van der Waals surface area contributed by atoms with Gasteiger partial charge in [-0.2, -0.15) is 18.3 Å². The highest BCUT2D eigenvalue weighted by molar-refractivity contribution is 5.93. The second-order valence-corrected chi connectivity index (χ2v) is 6.50. The van der Waals surface area contributed by atoms with Gasteiger partial charge < -0.3 is 9.42 Å². The predicted octanol–water partition coefficient (Wildman–Crippen LogP) is 3.53. The highest BCUT2D eigenvalue weighted by Crippen LogP contribution is 2.35. The normalized spacial score (nSPS) is 18.4. The molecule has 0 N–H and O–H groups in total. The number of carbonyl (C=O) groups excluding carboxylic acids is 1. The number of nitrogens with zero attached hydrogens (tertiary/aromatic N) is 4. The molecule has 0 aliphatic carbocycles. The number of likely N-dealkylation sites (tertiary alicyclic amines) is 1. The summed E-state index contributed by atoms with van der Waals surface area (Å²) in [6.45, 7) is 4.40. The van der Waals surface area contributed by atoms with Gasteiger partial charge in [-0.3, -0.25) is 9.48 Å². The van der Waals surface area contributed by atoms with Crippen LogP contribution in [0.3, 0.4) is 0 Å². The molecule has 1 unspecified atom stereocenters. The number of alkyl halides is 3. The van der Waals surface area contributed by atoms with E-state index in [9.17, 15) is 18.0 Å². The predicted molar refractivity (Wildman–Crippen MR) is 81.8 cm³/mol. The van der Waals surface area contributed by atoms with Gasteiger partial charge in [0.15, 0.2) is 5.69 Å². The van der Waals surface area contributed by atoms with Crippen LogP contribution in [0.25, 0.3) is 0 Å². The molecule has 3 rings (SSSR count). The van der Waals surface area contributed by atoms with E-state index in [4.69, 9.17) is 4.52 Å². The van der Waals surface area contributed by atoms with Crippen LogP contribution in [0.15, 0.2) is 16.7 Å². The number of aryl methyl sites for hydroxylation is 1. The molecule has 6 nitrogen and oxygen atoms in total. The molecule has 25 heavy (non-hydrogen) atoms. The summed E-state index contributed by atoms with van der Waals surface area (Å²) in [6, 6.07) is 2.30. The van der Waals surface area contributed by atoms with E-state index >= 15 is 0 Å². The maximum atomic E-state index is 12.8. The van der Waals surface area contributed by atoms with Gasteiger partial charge in [-0.1, -0.05) is 19.0 Å². The van der Waals surface area contributed by atoms with Gasteiger partial charge in [0.25, 0.3) is 5.91 Å². The number of amides is 1. The zero-order valence-corrected chi connectivity index (χ0v) is 14.2. The minimum Gasteiger partial charge on any atom is -0.361 e. The van der Waals surface area contributed by atoms with E-state index in [0.717, 1.165) is 17.2 Å². The quantitative estimate of drug-likeness (QED) is 0.844. The molecular weight excluding hydrogens is 337 g/mol. The molecule has 1 atom stereocenters. The molecule has 1 amide bonds. The second-order valence-electron chi connectivity index (χ2n) is 6.50. The van der Waals surface area contributed by atoms with E-state index in [2.05, 4.69) is 10.3 Å². The number of aromatic nitrogens is 3. The Bertz CT molecular complexity index is 779. The van der Waals surface area contributed by atoms with Crippen molar-refractivity contribution in [2.24, 2.45) is 7.05 Å². The summed E-state index contributed by atoms with van der Waals surface area (Å²) in [5.74, 6) is 0.398. The van der Waals surface area contributed by atoms with Crippen molar-refractivity contribution in [3.05, 3.63) is 35.0 Å². The van der Waals surface area contributed by atoms with Gasteiger partial charge in [0.05, 0.1) is 6.04 Å². The highest BCUT2D eigenvalue weighted by atomic mass is 19.4. The van der Waals surface area contributed by atoms with Crippen LogP contribution >= 0.6 is 0 Å². The monoisotopic (exact) mass is 356 g/mol. The lowest BCUT2D eigenvalue weighted by molar-refractivity contribution is -0.141. The Morgan fingerprint density at radius 2 is 2.08 bits per heavy atom. The lowest BCUT2D eigenvalue weighted by Crippen LogP contribution is -2.32. The van der Waals surface area contributed by atoms with Crippen LogP contribution in [-0.4, -0.2) is 32.3 Å². The lowest BCUT2D eigenvalue weighted by atomic mass is 10.1. The smallest absolute Gasteiger partial charge is 0.361 e. The van der Waals surface area contributed by atoms with Crippen molar-refractivity contribution in [2.45, 2.75) is 44.8 Å². The van der Waals surface area contributed by atoms with Gasteiger partial charge in [-0.25, -0.2) is 0 Å². The van der Waals surface area contributed by atoms with Crippen LogP contribution in [-0.2, 0) is 13.2 Å². The lowest BCUT2D eigenvalue weighted by Gasteiger charge is -2.22. The van der Waals surface area contributed by atoms with Crippen LogP contribution in [0, 0.1) is 0 Å². The molecule has 1 fully saturated rings.